The number of hydrogen-bond donors (Lipinski definition) is 1. The molecule has 0 bridgehead atoms. The van der Waals surface area contributed by atoms with E-state index in [4.69, 9.17) is 19.9 Å². The first kappa shape index (κ1) is 23.3. The summed E-state index contributed by atoms with van der Waals surface area (Å²) in [4.78, 5) is 2.19. The molecule has 0 radical (unpaired) electrons. The highest BCUT2D eigenvalue weighted by atomic mass is 35.5. The number of methoxy groups -OCH3 is 3. The van der Waals surface area contributed by atoms with Crippen LogP contribution in [0.1, 0.15) is 18.1 Å². The number of rotatable bonds is 10. The minimum Gasteiger partial charge on any atom is -0.362 e. The molecule has 0 aliphatic heterocycles. The molecule has 1 aromatic rings. The van der Waals surface area contributed by atoms with Crippen LogP contribution in [0.3, 0.4) is 0 Å². The zero-order valence-corrected chi connectivity index (χ0v) is 18.2. The standard InChI is InChI=1S/C17H30N2O3Si.ClH/c1-6-14-7-9-15(10-8-14)13-19(12-11-18)17(23,22-5)16(2,20-3)21-4;/h6-10H,1,11-13,18H2,2-5,23H3;1H. The van der Waals surface area contributed by atoms with Crippen molar-refractivity contribution in [3.05, 3.63) is 42.0 Å². The van der Waals surface area contributed by atoms with Gasteiger partial charge in [0.2, 0.25) is 5.79 Å². The molecule has 0 spiro atoms. The minimum atomic E-state index is -0.871. The van der Waals surface area contributed by atoms with E-state index in [0.717, 1.165) is 5.56 Å². The molecular formula is C17H31ClN2O3Si. The molecule has 138 valence electrons. The number of hydrogen-bond acceptors (Lipinski definition) is 5. The first-order valence-electron chi connectivity index (χ1n) is 7.72. The maximum atomic E-state index is 5.88. The molecule has 0 saturated heterocycles. The third kappa shape index (κ3) is 4.89. The Morgan fingerprint density at radius 1 is 1.17 bits per heavy atom. The van der Waals surface area contributed by atoms with Crippen LogP contribution in [0.25, 0.3) is 6.08 Å². The van der Waals surface area contributed by atoms with Gasteiger partial charge in [-0.1, -0.05) is 36.9 Å². The highest BCUT2D eigenvalue weighted by molar-refractivity contribution is 6.15. The van der Waals surface area contributed by atoms with Crippen LogP contribution in [-0.2, 0) is 20.8 Å². The second-order valence-corrected chi connectivity index (χ2v) is 7.05. The fourth-order valence-electron chi connectivity index (χ4n) is 2.64. The molecule has 24 heavy (non-hydrogen) atoms. The lowest BCUT2D eigenvalue weighted by Gasteiger charge is -2.50. The normalized spacial score (nSPS) is 14.2. The molecule has 1 unspecified atom stereocenters. The summed E-state index contributed by atoms with van der Waals surface area (Å²) in [6.07, 6.45) is 1.83. The second-order valence-electron chi connectivity index (χ2n) is 5.70. The van der Waals surface area contributed by atoms with E-state index in [1.54, 1.807) is 21.3 Å². The number of halogens is 1. The van der Waals surface area contributed by atoms with Gasteiger partial charge in [-0.25, -0.2) is 0 Å². The van der Waals surface area contributed by atoms with E-state index >= 15 is 0 Å². The van der Waals surface area contributed by atoms with Gasteiger partial charge in [-0.3, -0.25) is 4.90 Å². The van der Waals surface area contributed by atoms with Crippen LogP contribution in [0, 0.1) is 0 Å². The average Bonchev–Trinajstić information content (AvgIpc) is 2.60. The molecule has 1 atom stereocenters. The number of benzene rings is 1. The van der Waals surface area contributed by atoms with Crippen molar-refractivity contribution >= 4 is 28.7 Å². The van der Waals surface area contributed by atoms with E-state index < -0.39 is 11.1 Å². The van der Waals surface area contributed by atoms with E-state index in [2.05, 4.69) is 35.7 Å². The summed E-state index contributed by atoms with van der Waals surface area (Å²) in [6.45, 7) is 7.60. The molecule has 7 heteroatoms. The summed E-state index contributed by atoms with van der Waals surface area (Å²) < 4.78 is 17.2. The van der Waals surface area contributed by atoms with Crippen molar-refractivity contribution < 1.29 is 14.2 Å². The smallest absolute Gasteiger partial charge is 0.203 e. The highest BCUT2D eigenvalue weighted by Gasteiger charge is 2.50. The Balaban J connectivity index is 0.00000529. The molecule has 1 aromatic carbocycles. The summed E-state index contributed by atoms with van der Waals surface area (Å²) in [6, 6.07) is 8.29. The Hall–Kier alpha value is -0.733. The maximum Gasteiger partial charge on any atom is 0.203 e. The Morgan fingerprint density at radius 3 is 2.08 bits per heavy atom. The van der Waals surface area contributed by atoms with Crippen molar-refractivity contribution in [1.29, 1.82) is 0 Å². The number of nitrogens with zero attached hydrogens (tertiary/aromatic N) is 1. The van der Waals surface area contributed by atoms with Gasteiger partial charge < -0.3 is 19.9 Å². The lowest BCUT2D eigenvalue weighted by molar-refractivity contribution is -0.311. The third-order valence-corrected chi connectivity index (χ3v) is 6.56. The summed E-state index contributed by atoms with van der Waals surface area (Å²) in [5.74, 6) is -0.871. The number of ether oxygens (including phenoxy) is 3. The zero-order chi connectivity index (χ0) is 17.5. The highest BCUT2D eigenvalue weighted by Crippen LogP contribution is 2.31. The largest absolute Gasteiger partial charge is 0.362 e. The van der Waals surface area contributed by atoms with Gasteiger partial charge in [-0.05, 0) is 18.1 Å². The predicted molar refractivity (Wildman–Crippen MR) is 105 cm³/mol. The van der Waals surface area contributed by atoms with Crippen LogP contribution >= 0.6 is 12.4 Å². The van der Waals surface area contributed by atoms with Gasteiger partial charge >= 0.3 is 0 Å². The maximum absolute atomic E-state index is 5.88. The van der Waals surface area contributed by atoms with Gasteiger partial charge in [0.1, 0.15) is 5.35 Å². The lowest BCUT2D eigenvalue weighted by atomic mass is 10.1. The van der Waals surface area contributed by atoms with Crippen molar-refractivity contribution in [3.63, 3.8) is 0 Å². The fourth-order valence-corrected chi connectivity index (χ4v) is 3.43. The van der Waals surface area contributed by atoms with Crippen LogP contribution in [0.15, 0.2) is 30.8 Å². The summed E-state index contributed by atoms with van der Waals surface area (Å²) in [5.41, 5.74) is 8.11. The van der Waals surface area contributed by atoms with Crippen LogP contribution in [0.4, 0.5) is 0 Å². The molecule has 0 fully saturated rings. The van der Waals surface area contributed by atoms with Crippen LogP contribution in [0.5, 0.6) is 0 Å². The molecule has 0 saturated carbocycles. The van der Waals surface area contributed by atoms with Crippen LogP contribution < -0.4 is 5.73 Å². The summed E-state index contributed by atoms with van der Waals surface area (Å²) in [7, 11) is 5.64. The Bertz CT molecular complexity index is 497. The van der Waals surface area contributed by atoms with E-state index in [1.165, 1.54) is 5.56 Å². The van der Waals surface area contributed by atoms with Crippen LogP contribution in [0.2, 0.25) is 0 Å². The third-order valence-electron chi connectivity index (χ3n) is 4.61. The van der Waals surface area contributed by atoms with Gasteiger partial charge in [0.15, 0.2) is 0 Å². The molecular weight excluding hydrogens is 344 g/mol. The van der Waals surface area contributed by atoms with Crippen molar-refractivity contribution in [2.24, 2.45) is 5.73 Å². The topological polar surface area (TPSA) is 57.0 Å². The SMILES string of the molecule is C=Cc1ccc(CN(CCN)C([SiH3])(OC)C(C)(OC)OC)cc1.Cl. The Labute approximate surface area is 155 Å². The van der Waals surface area contributed by atoms with Gasteiger partial charge in [-0.2, -0.15) is 0 Å². The van der Waals surface area contributed by atoms with Crippen LogP contribution in [-0.4, -0.2) is 60.7 Å². The molecule has 0 aliphatic rings. The quantitative estimate of drug-likeness (QED) is 0.492. The lowest BCUT2D eigenvalue weighted by Crippen LogP contribution is -2.67. The molecule has 0 aliphatic carbocycles. The van der Waals surface area contributed by atoms with Crippen molar-refractivity contribution in [2.45, 2.75) is 24.6 Å². The van der Waals surface area contributed by atoms with E-state index in [0.29, 0.717) is 29.9 Å². The first-order chi connectivity index (χ1) is 10.9. The van der Waals surface area contributed by atoms with Gasteiger partial charge in [0, 0.05) is 41.0 Å². The van der Waals surface area contributed by atoms with E-state index in [-0.39, 0.29) is 12.4 Å². The van der Waals surface area contributed by atoms with Crippen molar-refractivity contribution in [1.82, 2.24) is 4.90 Å². The van der Waals surface area contributed by atoms with E-state index in [1.807, 2.05) is 13.0 Å². The van der Waals surface area contributed by atoms with Gasteiger partial charge in [0.05, 0.1) is 10.2 Å². The number of nitrogens with two attached hydrogens (primary N) is 1. The van der Waals surface area contributed by atoms with E-state index in [9.17, 15) is 0 Å². The summed E-state index contributed by atoms with van der Waals surface area (Å²) in [5, 5.41) is -0.660. The minimum absolute atomic E-state index is 0. The Kier molecular flexibility index (Phi) is 9.99. The second kappa shape index (κ2) is 10.3. The fraction of sp³-hybridized carbons (Fsp3) is 0.529. The molecule has 0 amide bonds. The van der Waals surface area contributed by atoms with Crippen molar-refractivity contribution in [2.75, 3.05) is 34.4 Å². The average molecular weight is 375 g/mol. The molecule has 0 aromatic heterocycles. The van der Waals surface area contributed by atoms with Crippen molar-refractivity contribution in [3.8, 4) is 0 Å². The molecule has 2 N–H and O–H groups in total. The Morgan fingerprint density at radius 2 is 1.71 bits per heavy atom. The monoisotopic (exact) mass is 374 g/mol. The first-order valence-corrected chi connectivity index (χ1v) is 8.72. The zero-order valence-electron chi connectivity index (χ0n) is 15.4. The molecule has 0 heterocycles. The summed E-state index contributed by atoms with van der Waals surface area (Å²) >= 11 is 0. The predicted octanol–water partition coefficient (Wildman–Crippen LogP) is 1.19. The van der Waals surface area contributed by atoms with Gasteiger partial charge in [-0.15, -0.1) is 12.4 Å². The molecule has 5 nitrogen and oxygen atoms in total. The molecule has 1 rings (SSSR count). The van der Waals surface area contributed by atoms with Gasteiger partial charge in [0.25, 0.3) is 0 Å².